The molecule has 1 amide bonds. The number of nitrogens with zero attached hydrogens (tertiary/aromatic N) is 1. The van der Waals surface area contributed by atoms with Crippen LogP contribution in [0, 0.1) is 0 Å². The molecule has 1 heterocycles. The monoisotopic (exact) mass is 626 g/mol. The first kappa shape index (κ1) is 34.3. The highest BCUT2D eigenvalue weighted by molar-refractivity contribution is 6.74. The third-order valence-electron chi connectivity index (χ3n) is 9.37. The zero-order chi connectivity index (χ0) is 31.6. The first-order valence-corrected chi connectivity index (χ1v) is 19.2. The lowest BCUT2D eigenvalue weighted by Gasteiger charge is -2.40. The summed E-state index contributed by atoms with van der Waals surface area (Å²) in [7, 11) is -0.118. The van der Waals surface area contributed by atoms with Gasteiger partial charge in [0, 0.05) is 19.1 Å². The summed E-state index contributed by atoms with van der Waals surface area (Å²) in [4.78, 5) is 14.6. The maximum atomic E-state index is 12.0. The molecule has 2 aromatic rings. The van der Waals surface area contributed by atoms with Gasteiger partial charge in [0.15, 0.2) is 19.8 Å². The molecule has 2 fully saturated rings. The largest absolute Gasteiger partial charge is 0.493 e. The molecule has 9 heteroatoms. The maximum absolute atomic E-state index is 12.0. The summed E-state index contributed by atoms with van der Waals surface area (Å²) in [6.45, 7) is 15.4. The van der Waals surface area contributed by atoms with E-state index in [9.17, 15) is 4.79 Å². The minimum Gasteiger partial charge on any atom is -0.493 e. The molecule has 2 aromatic carbocycles. The van der Waals surface area contributed by atoms with Gasteiger partial charge in [-0.05, 0) is 67.1 Å². The van der Waals surface area contributed by atoms with Crippen LogP contribution in [0.3, 0.4) is 0 Å². The van der Waals surface area contributed by atoms with E-state index in [1.165, 1.54) is 19.3 Å². The molecular weight excluding hydrogens is 572 g/mol. The van der Waals surface area contributed by atoms with E-state index in [1.807, 2.05) is 42.5 Å². The first-order valence-electron chi connectivity index (χ1n) is 16.3. The van der Waals surface area contributed by atoms with Gasteiger partial charge in [-0.1, -0.05) is 70.0 Å². The summed E-state index contributed by atoms with van der Waals surface area (Å²) < 4.78 is 30.1. The fourth-order valence-electron chi connectivity index (χ4n) is 5.84. The SMILES string of the molecule is COc1cc(CCOC2CCCCC2N2CC[C@H](O[Si](C)(C)C(C)(C)C)C2)ccc1OCCNC(=O)OCc1ccccc1. The number of carbonyl (C=O) groups is 1. The van der Waals surface area contributed by atoms with Crippen molar-refractivity contribution in [2.24, 2.45) is 0 Å². The molecular formula is C35H54N2O6Si. The highest BCUT2D eigenvalue weighted by atomic mass is 28.4. The molecule has 0 spiro atoms. The van der Waals surface area contributed by atoms with Crippen molar-refractivity contribution >= 4 is 14.4 Å². The molecule has 1 aliphatic heterocycles. The molecule has 1 saturated carbocycles. The molecule has 3 atom stereocenters. The van der Waals surface area contributed by atoms with Crippen molar-refractivity contribution in [3.05, 3.63) is 59.7 Å². The van der Waals surface area contributed by atoms with Gasteiger partial charge in [-0.25, -0.2) is 4.79 Å². The summed E-state index contributed by atoms with van der Waals surface area (Å²) in [6.07, 6.45) is 6.92. The Balaban J connectivity index is 1.19. The smallest absolute Gasteiger partial charge is 0.407 e. The number of carbonyl (C=O) groups excluding carboxylic acids is 1. The predicted octanol–water partition coefficient (Wildman–Crippen LogP) is 6.97. The van der Waals surface area contributed by atoms with Gasteiger partial charge in [0.05, 0.1) is 32.5 Å². The van der Waals surface area contributed by atoms with Gasteiger partial charge >= 0.3 is 6.09 Å². The van der Waals surface area contributed by atoms with E-state index in [2.05, 4.69) is 50.1 Å². The zero-order valence-corrected chi connectivity index (χ0v) is 28.7. The van der Waals surface area contributed by atoms with Gasteiger partial charge in [-0.3, -0.25) is 4.90 Å². The summed E-state index contributed by atoms with van der Waals surface area (Å²) in [5, 5.41) is 2.96. The zero-order valence-electron chi connectivity index (χ0n) is 27.7. The number of hydrogen-bond donors (Lipinski definition) is 1. The fourth-order valence-corrected chi connectivity index (χ4v) is 7.22. The fraction of sp³-hybridized carbons (Fsp3) is 0.629. The molecule has 1 N–H and O–H groups in total. The van der Waals surface area contributed by atoms with E-state index in [-0.39, 0.29) is 17.7 Å². The molecule has 2 aliphatic rings. The van der Waals surface area contributed by atoms with E-state index in [4.69, 9.17) is 23.4 Å². The Kier molecular flexibility index (Phi) is 12.6. The average molecular weight is 627 g/mol. The van der Waals surface area contributed by atoms with Crippen LogP contribution in [0.25, 0.3) is 0 Å². The predicted molar refractivity (Wildman–Crippen MR) is 177 cm³/mol. The van der Waals surface area contributed by atoms with Crippen LogP contribution in [0.2, 0.25) is 18.1 Å². The Morgan fingerprint density at radius 1 is 0.977 bits per heavy atom. The van der Waals surface area contributed by atoms with Gasteiger partial charge in [0.25, 0.3) is 0 Å². The van der Waals surface area contributed by atoms with Crippen molar-refractivity contribution in [3.63, 3.8) is 0 Å². The second kappa shape index (κ2) is 16.1. The van der Waals surface area contributed by atoms with E-state index < -0.39 is 14.4 Å². The molecule has 0 radical (unpaired) electrons. The minimum atomic E-state index is -1.76. The second-order valence-corrected chi connectivity index (χ2v) is 18.4. The molecule has 1 saturated heterocycles. The Morgan fingerprint density at radius 2 is 1.75 bits per heavy atom. The molecule has 4 rings (SSSR count). The number of nitrogens with one attached hydrogen (secondary N) is 1. The molecule has 2 unspecified atom stereocenters. The van der Waals surface area contributed by atoms with Crippen LogP contribution in [-0.2, 0) is 26.9 Å². The summed E-state index contributed by atoms with van der Waals surface area (Å²) in [5.41, 5.74) is 2.09. The topological polar surface area (TPSA) is 78.5 Å². The quantitative estimate of drug-likeness (QED) is 0.179. The highest BCUT2D eigenvalue weighted by Crippen LogP contribution is 2.39. The number of hydrogen-bond acceptors (Lipinski definition) is 7. The van der Waals surface area contributed by atoms with Gasteiger partial charge in [0.1, 0.15) is 13.2 Å². The highest BCUT2D eigenvalue weighted by Gasteiger charge is 2.42. The molecule has 8 nitrogen and oxygen atoms in total. The summed E-state index contributed by atoms with van der Waals surface area (Å²) >= 11 is 0. The van der Waals surface area contributed by atoms with Crippen LogP contribution in [0.15, 0.2) is 48.5 Å². The van der Waals surface area contributed by atoms with Crippen molar-refractivity contribution in [2.75, 3.05) is 40.0 Å². The third-order valence-corrected chi connectivity index (χ3v) is 13.9. The van der Waals surface area contributed by atoms with Gasteiger partial charge in [0.2, 0.25) is 0 Å². The van der Waals surface area contributed by atoms with E-state index >= 15 is 0 Å². The Hall–Kier alpha value is -2.59. The van der Waals surface area contributed by atoms with Crippen LogP contribution >= 0.6 is 0 Å². The normalized spacial score (nSPS) is 21.2. The molecule has 44 heavy (non-hydrogen) atoms. The summed E-state index contributed by atoms with van der Waals surface area (Å²) in [5.74, 6) is 1.32. The molecule has 0 bridgehead atoms. The van der Waals surface area contributed by atoms with Crippen LogP contribution < -0.4 is 14.8 Å². The Morgan fingerprint density at radius 3 is 2.50 bits per heavy atom. The number of methoxy groups -OCH3 is 1. The van der Waals surface area contributed by atoms with Gasteiger partial charge in [-0.2, -0.15) is 0 Å². The van der Waals surface area contributed by atoms with Crippen LogP contribution in [0.4, 0.5) is 4.79 Å². The van der Waals surface area contributed by atoms with E-state index in [0.717, 1.165) is 43.5 Å². The molecule has 0 aromatic heterocycles. The number of ether oxygens (including phenoxy) is 4. The number of rotatable bonds is 14. The van der Waals surface area contributed by atoms with Crippen molar-refractivity contribution < 1.29 is 28.2 Å². The lowest BCUT2D eigenvalue weighted by Crippen LogP contribution is -2.48. The first-order chi connectivity index (χ1) is 21.1. The number of benzene rings is 2. The molecule has 1 aliphatic carbocycles. The average Bonchev–Trinajstić information content (AvgIpc) is 3.46. The number of amides is 1. The lowest BCUT2D eigenvalue weighted by atomic mass is 9.91. The van der Waals surface area contributed by atoms with Crippen molar-refractivity contribution in [1.29, 1.82) is 0 Å². The van der Waals surface area contributed by atoms with Crippen molar-refractivity contribution in [2.45, 2.75) is 102 Å². The van der Waals surface area contributed by atoms with Gasteiger partial charge < -0.3 is 28.7 Å². The maximum Gasteiger partial charge on any atom is 0.407 e. The van der Waals surface area contributed by atoms with Crippen molar-refractivity contribution in [3.8, 4) is 11.5 Å². The lowest BCUT2D eigenvalue weighted by molar-refractivity contribution is -0.0313. The van der Waals surface area contributed by atoms with Crippen LogP contribution in [-0.4, -0.2) is 77.5 Å². The number of likely N-dealkylation sites (tertiary alicyclic amines) is 1. The van der Waals surface area contributed by atoms with Gasteiger partial charge in [-0.15, -0.1) is 0 Å². The molecule has 244 valence electrons. The van der Waals surface area contributed by atoms with Crippen LogP contribution in [0.1, 0.15) is 64.0 Å². The van der Waals surface area contributed by atoms with E-state index in [1.54, 1.807) is 7.11 Å². The standard InChI is InChI=1S/C35H54N2O6Si/c1-35(2,3)44(5,6)43-29-18-21-37(25-29)30-14-10-11-15-31(30)40-22-19-27-16-17-32(33(24-27)39-4)41-23-20-36-34(38)42-26-28-12-8-7-9-13-28/h7-9,12-13,16-17,24,29-31H,10-11,14-15,18-23,25-26H2,1-6H3,(H,36,38)/t29-,30?,31?/m0/s1. The second-order valence-electron chi connectivity index (χ2n) is 13.6. The van der Waals surface area contributed by atoms with E-state index in [0.29, 0.717) is 43.4 Å². The van der Waals surface area contributed by atoms with Crippen LogP contribution in [0.5, 0.6) is 11.5 Å². The van der Waals surface area contributed by atoms with Crippen molar-refractivity contribution in [1.82, 2.24) is 10.2 Å². The Bertz CT molecular complexity index is 1170. The number of alkyl carbamates (subject to hydrolysis) is 1. The third kappa shape index (κ3) is 9.96. The Labute approximate surface area is 265 Å². The summed E-state index contributed by atoms with van der Waals surface area (Å²) in [6, 6.07) is 16.1. The minimum absolute atomic E-state index is 0.235.